The summed E-state index contributed by atoms with van der Waals surface area (Å²) in [7, 11) is 1.56. The van der Waals surface area contributed by atoms with Gasteiger partial charge in [-0.25, -0.2) is 4.68 Å². The molecule has 0 aliphatic rings. The average Bonchev–Trinajstić information content (AvgIpc) is 3.12. The Labute approximate surface area is 146 Å². The first-order valence-electron chi connectivity index (χ1n) is 8.05. The number of nitrogens with one attached hydrogen (secondary N) is 1. The highest BCUT2D eigenvalue weighted by atomic mass is 16.5. The minimum Gasteiger partial charge on any atom is -0.495 e. The number of benzene rings is 2. The zero-order valence-corrected chi connectivity index (χ0v) is 14.4. The van der Waals surface area contributed by atoms with Crippen LogP contribution >= 0.6 is 0 Å². The Morgan fingerprint density at radius 2 is 1.84 bits per heavy atom. The molecule has 0 unspecified atom stereocenters. The molecular weight excluding hydrogens is 316 g/mol. The number of ether oxygens (including phenoxy) is 1. The van der Waals surface area contributed by atoms with E-state index >= 15 is 0 Å². The Morgan fingerprint density at radius 1 is 1.12 bits per heavy atom. The zero-order chi connectivity index (χ0) is 17.8. The summed E-state index contributed by atoms with van der Waals surface area (Å²) in [6.45, 7) is 4.29. The third-order valence-corrected chi connectivity index (χ3v) is 3.91. The summed E-state index contributed by atoms with van der Waals surface area (Å²) in [6.07, 6.45) is 1.61. The molecule has 6 nitrogen and oxygen atoms in total. The van der Waals surface area contributed by atoms with Gasteiger partial charge in [-0.3, -0.25) is 4.79 Å². The van der Waals surface area contributed by atoms with Crippen LogP contribution < -0.4 is 10.1 Å². The van der Waals surface area contributed by atoms with E-state index in [0.717, 1.165) is 5.69 Å². The first-order chi connectivity index (χ1) is 12.1. The molecule has 3 aromatic rings. The molecule has 0 saturated heterocycles. The number of rotatable bonds is 5. The first-order valence-corrected chi connectivity index (χ1v) is 8.05. The molecule has 0 aliphatic heterocycles. The molecule has 1 amide bonds. The molecule has 1 aromatic heterocycles. The predicted octanol–water partition coefficient (Wildman–Crippen LogP) is 3.65. The van der Waals surface area contributed by atoms with Crippen LogP contribution in [0.4, 0.5) is 5.69 Å². The number of aromatic nitrogens is 3. The second-order valence-electron chi connectivity index (χ2n) is 5.95. The smallest absolute Gasteiger partial charge is 0.277 e. The minimum absolute atomic E-state index is 0.235. The lowest BCUT2D eigenvalue weighted by Gasteiger charge is -2.08. The van der Waals surface area contributed by atoms with Gasteiger partial charge in [0.25, 0.3) is 5.91 Å². The number of carbonyl (C=O) groups is 1. The standard InChI is InChI=1S/C19H20N4O2/c1-13(2)14-8-10-15(11-9-14)23-12-17(21-22-23)19(24)20-16-6-4-5-7-18(16)25-3/h4-13H,1-3H3,(H,20,24). The van der Waals surface area contributed by atoms with Crippen LogP contribution in [0.15, 0.2) is 54.7 Å². The molecule has 3 rings (SSSR count). The Bertz CT molecular complexity index is 869. The Balaban J connectivity index is 1.77. The summed E-state index contributed by atoms with van der Waals surface area (Å²) >= 11 is 0. The molecule has 0 spiro atoms. The largest absolute Gasteiger partial charge is 0.495 e. The van der Waals surface area contributed by atoms with Crippen molar-refractivity contribution in [3.63, 3.8) is 0 Å². The third kappa shape index (κ3) is 3.68. The van der Waals surface area contributed by atoms with E-state index in [1.54, 1.807) is 30.1 Å². The summed E-state index contributed by atoms with van der Waals surface area (Å²) in [4.78, 5) is 12.4. The van der Waals surface area contributed by atoms with Gasteiger partial charge in [-0.2, -0.15) is 0 Å². The van der Waals surface area contributed by atoms with Gasteiger partial charge < -0.3 is 10.1 Å². The summed E-state index contributed by atoms with van der Waals surface area (Å²) < 4.78 is 6.82. The predicted molar refractivity (Wildman–Crippen MR) is 96.4 cm³/mol. The highest BCUT2D eigenvalue weighted by Crippen LogP contribution is 2.23. The van der Waals surface area contributed by atoms with Gasteiger partial charge in [-0.1, -0.05) is 43.3 Å². The van der Waals surface area contributed by atoms with Crippen molar-refractivity contribution in [1.29, 1.82) is 0 Å². The lowest BCUT2D eigenvalue weighted by atomic mass is 10.0. The van der Waals surface area contributed by atoms with Gasteiger partial charge in [0.05, 0.1) is 24.7 Å². The quantitative estimate of drug-likeness (QED) is 0.772. The van der Waals surface area contributed by atoms with E-state index in [9.17, 15) is 4.79 Å². The van der Waals surface area contributed by atoms with Crippen molar-refractivity contribution in [2.45, 2.75) is 19.8 Å². The van der Waals surface area contributed by atoms with Crippen molar-refractivity contribution >= 4 is 11.6 Å². The maximum Gasteiger partial charge on any atom is 0.277 e. The topological polar surface area (TPSA) is 69.0 Å². The van der Waals surface area contributed by atoms with Gasteiger partial charge in [0.15, 0.2) is 5.69 Å². The fourth-order valence-corrected chi connectivity index (χ4v) is 2.44. The lowest BCUT2D eigenvalue weighted by molar-refractivity contribution is 0.102. The first kappa shape index (κ1) is 16.7. The van der Waals surface area contributed by atoms with Crippen LogP contribution in [0.2, 0.25) is 0 Å². The monoisotopic (exact) mass is 336 g/mol. The minimum atomic E-state index is -0.338. The van der Waals surface area contributed by atoms with Crippen molar-refractivity contribution < 1.29 is 9.53 Å². The summed E-state index contributed by atoms with van der Waals surface area (Å²) in [6, 6.07) is 15.2. The van der Waals surface area contributed by atoms with Gasteiger partial charge in [-0.15, -0.1) is 5.10 Å². The van der Waals surface area contributed by atoms with Gasteiger partial charge in [0.1, 0.15) is 5.75 Å². The second-order valence-corrected chi connectivity index (χ2v) is 5.95. The number of methoxy groups -OCH3 is 1. The highest BCUT2D eigenvalue weighted by Gasteiger charge is 2.14. The summed E-state index contributed by atoms with van der Waals surface area (Å²) in [5, 5.41) is 10.8. The van der Waals surface area contributed by atoms with E-state index in [-0.39, 0.29) is 11.6 Å². The molecule has 0 saturated carbocycles. The molecule has 0 radical (unpaired) electrons. The van der Waals surface area contributed by atoms with Crippen LogP contribution in [-0.4, -0.2) is 28.0 Å². The van der Waals surface area contributed by atoms with E-state index in [1.165, 1.54) is 5.56 Å². The number of anilines is 1. The number of para-hydroxylation sites is 2. The molecule has 0 fully saturated rings. The second kappa shape index (κ2) is 7.17. The van der Waals surface area contributed by atoms with Crippen LogP contribution in [0.3, 0.4) is 0 Å². The van der Waals surface area contributed by atoms with Crippen molar-refractivity contribution in [2.24, 2.45) is 0 Å². The van der Waals surface area contributed by atoms with Gasteiger partial charge in [0.2, 0.25) is 0 Å². The summed E-state index contributed by atoms with van der Waals surface area (Å²) in [5.74, 6) is 0.717. The molecule has 2 aromatic carbocycles. The SMILES string of the molecule is COc1ccccc1NC(=O)c1cn(-c2ccc(C(C)C)cc2)nn1. The van der Waals surface area contributed by atoms with E-state index in [2.05, 4.69) is 41.6 Å². The van der Waals surface area contributed by atoms with Crippen molar-refractivity contribution in [1.82, 2.24) is 15.0 Å². The number of hydrogen-bond donors (Lipinski definition) is 1. The maximum absolute atomic E-state index is 12.4. The van der Waals surface area contributed by atoms with Crippen LogP contribution in [-0.2, 0) is 0 Å². The molecular formula is C19H20N4O2. The van der Waals surface area contributed by atoms with Gasteiger partial charge in [-0.05, 0) is 35.7 Å². The Kier molecular flexibility index (Phi) is 4.79. The zero-order valence-electron chi connectivity index (χ0n) is 14.4. The summed E-state index contributed by atoms with van der Waals surface area (Å²) in [5.41, 5.74) is 2.93. The number of nitrogens with zero attached hydrogens (tertiary/aromatic N) is 3. The van der Waals surface area contributed by atoms with Gasteiger partial charge in [0, 0.05) is 0 Å². The fourth-order valence-electron chi connectivity index (χ4n) is 2.44. The molecule has 0 atom stereocenters. The number of hydrogen-bond acceptors (Lipinski definition) is 4. The molecule has 0 aliphatic carbocycles. The molecule has 6 heteroatoms. The number of amides is 1. The van der Waals surface area contributed by atoms with Crippen LogP contribution in [0.5, 0.6) is 5.75 Å². The van der Waals surface area contributed by atoms with E-state index < -0.39 is 0 Å². The Morgan fingerprint density at radius 3 is 2.52 bits per heavy atom. The molecule has 25 heavy (non-hydrogen) atoms. The van der Waals surface area contributed by atoms with Crippen LogP contribution in [0, 0.1) is 0 Å². The van der Waals surface area contributed by atoms with Crippen molar-refractivity contribution in [3.8, 4) is 11.4 Å². The maximum atomic E-state index is 12.4. The molecule has 1 N–H and O–H groups in total. The van der Waals surface area contributed by atoms with E-state index in [0.29, 0.717) is 17.4 Å². The van der Waals surface area contributed by atoms with Crippen molar-refractivity contribution in [2.75, 3.05) is 12.4 Å². The van der Waals surface area contributed by atoms with Crippen molar-refractivity contribution in [3.05, 3.63) is 66.0 Å². The highest BCUT2D eigenvalue weighted by molar-refractivity contribution is 6.03. The normalized spacial score (nSPS) is 10.7. The third-order valence-electron chi connectivity index (χ3n) is 3.91. The molecule has 128 valence electrons. The number of carbonyl (C=O) groups excluding carboxylic acids is 1. The molecule has 0 bridgehead atoms. The fraction of sp³-hybridized carbons (Fsp3) is 0.211. The van der Waals surface area contributed by atoms with E-state index in [4.69, 9.17) is 4.74 Å². The average molecular weight is 336 g/mol. The van der Waals surface area contributed by atoms with Crippen LogP contribution in [0.1, 0.15) is 35.8 Å². The van der Waals surface area contributed by atoms with Crippen LogP contribution in [0.25, 0.3) is 5.69 Å². The molecule has 1 heterocycles. The van der Waals surface area contributed by atoms with E-state index in [1.807, 2.05) is 24.3 Å². The lowest BCUT2D eigenvalue weighted by Crippen LogP contribution is -2.13. The van der Waals surface area contributed by atoms with Gasteiger partial charge >= 0.3 is 0 Å². The Hall–Kier alpha value is -3.15.